The SMILES string of the molecule is c1ccc(-c2nc3c4ccncc4c4cnccc4c3n2-c2cccnc2)cc1. The Bertz CT molecular complexity index is 1490. The molecule has 0 saturated carbocycles. The van der Waals surface area contributed by atoms with E-state index in [0.29, 0.717) is 0 Å². The Morgan fingerprint density at radius 2 is 1.31 bits per heavy atom. The molecule has 0 aliphatic heterocycles. The predicted molar refractivity (Wildman–Crippen MR) is 115 cm³/mol. The summed E-state index contributed by atoms with van der Waals surface area (Å²) < 4.78 is 2.19. The van der Waals surface area contributed by atoms with Gasteiger partial charge in [-0.3, -0.25) is 19.5 Å². The van der Waals surface area contributed by atoms with Crippen molar-refractivity contribution in [2.75, 3.05) is 0 Å². The lowest BCUT2D eigenvalue weighted by Gasteiger charge is -2.11. The summed E-state index contributed by atoms with van der Waals surface area (Å²) in [6, 6.07) is 18.3. The topological polar surface area (TPSA) is 56.5 Å². The van der Waals surface area contributed by atoms with Crippen LogP contribution in [0.1, 0.15) is 0 Å². The third kappa shape index (κ3) is 2.34. The minimum absolute atomic E-state index is 0.885. The van der Waals surface area contributed by atoms with Crippen molar-refractivity contribution in [2.45, 2.75) is 0 Å². The normalized spacial score (nSPS) is 11.4. The van der Waals surface area contributed by atoms with Crippen LogP contribution in [0, 0.1) is 0 Å². The lowest BCUT2D eigenvalue weighted by Crippen LogP contribution is -1.98. The van der Waals surface area contributed by atoms with Gasteiger partial charge in [0.2, 0.25) is 0 Å². The molecule has 0 spiro atoms. The average molecular weight is 373 g/mol. The van der Waals surface area contributed by atoms with Crippen LogP contribution in [0.3, 0.4) is 0 Å². The summed E-state index contributed by atoms with van der Waals surface area (Å²) in [5.74, 6) is 0.885. The Labute approximate surface area is 166 Å². The van der Waals surface area contributed by atoms with Gasteiger partial charge in [-0.05, 0) is 24.3 Å². The second kappa shape index (κ2) is 6.21. The molecule has 6 rings (SSSR count). The van der Waals surface area contributed by atoms with Crippen LogP contribution in [0.2, 0.25) is 0 Å². The van der Waals surface area contributed by atoms with E-state index >= 15 is 0 Å². The van der Waals surface area contributed by atoms with E-state index in [9.17, 15) is 0 Å². The van der Waals surface area contributed by atoms with Crippen molar-refractivity contribution in [1.82, 2.24) is 24.5 Å². The molecular weight excluding hydrogens is 358 g/mol. The summed E-state index contributed by atoms with van der Waals surface area (Å²) in [4.78, 5) is 18.2. The number of nitrogens with zero attached hydrogens (tertiary/aromatic N) is 5. The van der Waals surface area contributed by atoms with Gasteiger partial charge in [-0.1, -0.05) is 30.3 Å². The van der Waals surface area contributed by atoms with Crippen molar-refractivity contribution < 1.29 is 0 Å². The number of hydrogen-bond donors (Lipinski definition) is 0. The molecule has 5 heteroatoms. The van der Waals surface area contributed by atoms with Gasteiger partial charge in [-0.2, -0.15) is 0 Å². The zero-order chi connectivity index (χ0) is 19.2. The Morgan fingerprint density at radius 3 is 2.07 bits per heavy atom. The van der Waals surface area contributed by atoms with Crippen LogP contribution in [0.5, 0.6) is 0 Å². The summed E-state index contributed by atoms with van der Waals surface area (Å²) in [7, 11) is 0. The summed E-state index contributed by atoms with van der Waals surface area (Å²) in [6.45, 7) is 0. The van der Waals surface area contributed by atoms with E-state index in [0.717, 1.165) is 49.7 Å². The van der Waals surface area contributed by atoms with Gasteiger partial charge in [0.05, 0.1) is 22.9 Å². The fraction of sp³-hybridized carbons (Fsp3) is 0. The molecule has 0 atom stereocenters. The van der Waals surface area contributed by atoms with Crippen LogP contribution in [0.25, 0.3) is 49.7 Å². The van der Waals surface area contributed by atoms with E-state index in [4.69, 9.17) is 4.98 Å². The predicted octanol–water partition coefficient (Wildman–Crippen LogP) is 5.18. The van der Waals surface area contributed by atoms with E-state index in [1.807, 2.05) is 67.4 Å². The molecule has 4 heterocycles. The number of aromatic nitrogens is 5. The Kier molecular flexibility index (Phi) is 3.40. The highest BCUT2D eigenvalue weighted by molar-refractivity contribution is 6.23. The Balaban J connectivity index is 1.90. The number of imidazole rings is 1. The van der Waals surface area contributed by atoms with E-state index in [1.54, 1.807) is 6.20 Å². The maximum atomic E-state index is 5.12. The number of hydrogen-bond acceptors (Lipinski definition) is 4. The zero-order valence-corrected chi connectivity index (χ0v) is 15.4. The molecule has 6 aromatic rings. The summed E-state index contributed by atoms with van der Waals surface area (Å²) in [5.41, 5.74) is 4.02. The lowest BCUT2D eigenvalue weighted by atomic mass is 10.0. The quantitative estimate of drug-likeness (QED) is 0.392. The van der Waals surface area contributed by atoms with E-state index in [-0.39, 0.29) is 0 Å². The van der Waals surface area contributed by atoms with Crippen molar-refractivity contribution >= 4 is 32.6 Å². The first-order chi connectivity index (χ1) is 14.4. The third-order valence-corrected chi connectivity index (χ3v) is 5.26. The molecule has 29 heavy (non-hydrogen) atoms. The van der Waals surface area contributed by atoms with Crippen molar-refractivity contribution in [3.8, 4) is 17.1 Å². The third-order valence-electron chi connectivity index (χ3n) is 5.26. The second-order valence-corrected chi connectivity index (χ2v) is 6.89. The van der Waals surface area contributed by atoms with Gasteiger partial charge >= 0.3 is 0 Å². The Morgan fingerprint density at radius 1 is 0.586 bits per heavy atom. The number of rotatable bonds is 2. The molecule has 4 aromatic heterocycles. The van der Waals surface area contributed by atoms with E-state index in [1.165, 1.54) is 0 Å². The molecule has 5 nitrogen and oxygen atoms in total. The fourth-order valence-electron chi connectivity index (χ4n) is 4.01. The number of benzene rings is 2. The summed E-state index contributed by atoms with van der Waals surface area (Å²) >= 11 is 0. The molecule has 0 bridgehead atoms. The van der Waals surface area contributed by atoms with Gasteiger partial charge < -0.3 is 0 Å². The first kappa shape index (κ1) is 15.9. The molecule has 0 aliphatic rings. The highest BCUT2D eigenvalue weighted by Gasteiger charge is 2.20. The van der Waals surface area contributed by atoms with E-state index < -0.39 is 0 Å². The fourth-order valence-corrected chi connectivity index (χ4v) is 4.01. The zero-order valence-electron chi connectivity index (χ0n) is 15.4. The average Bonchev–Trinajstić information content (AvgIpc) is 3.22. The standard InChI is InChI=1S/C24H15N5/c1-2-5-16(6-3-1)24-28-22-18-8-11-26-14-20(18)21-15-27-12-9-19(21)23(22)29(24)17-7-4-10-25-13-17/h1-15H. The number of pyridine rings is 3. The second-order valence-electron chi connectivity index (χ2n) is 6.89. The van der Waals surface area contributed by atoms with Gasteiger partial charge in [0.25, 0.3) is 0 Å². The molecule has 0 amide bonds. The van der Waals surface area contributed by atoms with Gasteiger partial charge in [0.15, 0.2) is 0 Å². The molecule has 0 radical (unpaired) electrons. The molecule has 0 fully saturated rings. The highest BCUT2D eigenvalue weighted by atomic mass is 15.1. The van der Waals surface area contributed by atoms with Crippen molar-refractivity contribution in [2.24, 2.45) is 0 Å². The molecular formula is C24H15N5. The number of fused-ring (bicyclic) bond motifs is 6. The van der Waals surface area contributed by atoms with Crippen LogP contribution in [0.15, 0.2) is 91.8 Å². The summed E-state index contributed by atoms with van der Waals surface area (Å²) in [6.07, 6.45) is 11.1. The minimum Gasteiger partial charge on any atom is -0.290 e. The first-order valence-corrected chi connectivity index (χ1v) is 9.39. The minimum atomic E-state index is 0.885. The van der Waals surface area contributed by atoms with Gasteiger partial charge in [0, 0.05) is 58.1 Å². The largest absolute Gasteiger partial charge is 0.290 e. The van der Waals surface area contributed by atoms with Gasteiger partial charge in [-0.15, -0.1) is 0 Å². The van der Waals surface area contributed by atoms with Crippen LogP contribution < -0.4 is 0 Å². The van der Waals surface area contributed by atoms with Crippen LogP contribution >= 0.6 is 0 Å². The van der Waals surface area contributed by atoms with Crippen LogP contribution in [0.4, 0.5) is 0 Å². The Hall–Kier alpha value is -4.12. The van der Waals surface area contributed by atoms with Crippen molar-refractivity contribution in [3.63, 3.8) is 0 Å². The molecule has 0 saturated heterocycles. The monoisotopic (exact) mass is 373 g/mol. The van der Waals surface area contributed by atoms with Crippen molar-refractivity contribution in [3.05, 3.63) is 91.8 Å². The molecule has 136 valence electrons. The summed E-state index contributed by atoms with van der Waals surface area (Å²) in [5, 5.41) is 4.27. The molecule has 0 N–H and O–H groups in total. The molecule has 0 aliphatic carbocycles. The molecule has 2 aromatic carbocycles. The smallest absolute Gasteiger partial charge is 0.145 e. The first-order valence-electron chi connectivity index (χ1n) is 9.39. The van der Waals surface area contributed by atoms with Crippen LogP contribution in [-0.4, -0.2) is 24.5 Å². The maximum Gasteiger partial charge on any atom is 0.145 e. The lowest BCUT2D eigenvalue weighted by molar-refractivity contribution is 1.08. The highest BCUT2D eigenvalue weighted by Crippen LogP contribution is 2.38. The van der Waals surface area contributed by atoms with Gasteiger partial charge in [0.1, 0.15) is 5.82 Å². The van der Waals surface area contributed by atoms with E-state index in [2.05, 4.69) is 37.7 Å². The van der Waals surface area contributed by atoms with Crippen molar-refractivity contribution in [1.29, 1.82) is 0 Å². The van der Waals surface area contributed by atoms with Crippen LogP contribution in [-0.2, 0) is 0 Å². The maximum absolute atomic E-state index is 5.12. The van der Waals surface area contributed by atoms with Gasteiger partial charge in [-0.25, -0.2) is 4.98 Å². The molecule has 0 unspecified atom stereocenters.